The summed E-state index contributed by atoms with van der Waals surface area (Å²) in [5, 5.41) is 10.7. The number of ketones is 2. The van der Waals surface area contributed by atoms with Crippen molar-refractivity contribution in [3.63, 3.8) is 0 Å². The molecule has 5 saturated carbocycles. The van der Waals surface area contributed by atoms with Crippen molar-refractivity contribution in [2.45, 2.75) is 113 Å². The lowest BCUT2D eigenvalue weighted by molar-refractivity contribution is -0.248. The van der Waals surface area contributed by atoms with Crippen LogP contribution < -0.4 is 0 Å². The maximum Gasteiger partial charge on any atom is 0.140 e. The number of aliphatic hydroxyl groups is 1. The standard InChI is InChI=1S/C30H48O3/c1-19-20(32)8-9-21-26(19,4)11-10-22-27(21,5)17-24(33)29(7)23-16-25(2,3)12-14-30(23,18-31)15-13-28(22,29)6/h19,21-23,31H,8-18H2,1-7H3. The molecule has 0 spiro atoms. The molecule has 0 heterocycles. The quantitative estimate of drug-likeness (QED) is 0.483. The van der Waals surface area contributed by atoms with Crippen LogP contribution in [-0.4, -0.2) is 23.3 Å². The van der Waals surface area contributed by atoms with Crippen molar-refractivity contribution in [3.8, 4) is 0 Å². The Bertz CT molecular complexity index is 876. The van der Waals surface area contributed by atoms with Crippen LogP contribution >= 0.6 is 0 Å². The maximum absolute atomic E-state index is 14.5. The third kappa shape index (κ3) is 2.78. The van der Waals surface area contributed by atoms with Gasteiger partial charge in [-0.1, -0.05) is 48.5 Å². The van der Waals surface area contributed by atoms with E-state index >= 15 is 0 Å². The lowest BCUT2D eigenvalue weighted by Gasteiger charge is -2.73. The Hall–Kier alpha value is -0.700. The van der Waals surface area contributed by atoms with Crippen LogP contribution in [0.15, 0.2) is 0 Å². The summed E-state index contributed by atoms with van der Waals surface area (Å²) < 4.78 is 0. The summed E-state index contributed by atoms with van der Waals surface area (Å²) in [5.74, 6) is 2.26. The SMILES string of the molecule is CC1C(=O)CCC2C1(C)CCC1C2(C)CC(=O)C2(C)C3CC(C)(C)CCC3(CO)CCC12C. The number of hydrogen-bond donors (Lipinski definition) is 1. The fourth-order valence-electron chi connectivity index (χ4n) is 11.1. The lowest BCUT2D eigenvalue weighted by Crippen LogP contribution is -2.71. The first-order valence-corrected chi connectivity index (χ1v) is 13.9. The van der Waals surface area contributed by atoms with Crippen molar-refractivity contribution in [1.82, 2.24) is 0 Å². The van der Waals surface area contributed by atoms with Crippen LogP contribution in [0.5, 0.6) is 0 Å². The van der Waals surface area contributed by atoms with E-state index in [1.54, 1.807) is 0 Å². The second kappa shape index (κ2) is 6.95. The van der Waals surface area contributed by atoms with Crippen molar-refractivity contribution in [1.29, 1.82) is 0 Å². The molecule has 0 aromatic rings. The molecule has 5 rings (SSSR count). The lowest BCUT2D eigenvalue weighted by atomic mass is 9.29. The second-order valence-electron chi connectivity index (χ2n) is 15.0. The van der Waals surface area contributed by atoms with Gasteiger partial charge in [0.05, 0.1) is 0 Å². The molecular weight excluding hydrogens is 408 g/mol. The van der Waals surface area contributed by atoms with Crippen molar-refractivity contribution in [2.24, 2.45) is 56.2 Å². The molecule has 3 heteroatoms. The van der Waals surface area contributed by atoms with Crippen molar-refractivity contribution < 1.29 is 14.7 Å². The van der Waals surface area contributed by atoms with Gasteiger partial charge in [0.25, 0.3) is 0 Å². The predicted molar refractivity (Wildman–Crippen MR) is 132 cm³/mol. The van der Waals surface area contributed by atoms with Gasteiger partial charge in [-0.25, -0.2) is 0 Å². The summed E-state index contributed by atoms with van der Waals surface area (Å²) in [4.78, 5) is 27.2. The molecule has 0 bridgehead atoms. The largest absolute Gasteiger partial charge is 0.396 e. The van der Waals surface area contributed by atoms with E-state index in [-0.39, 0.29) is 50.9 Å². The topological polar surface area (TPSA) is 54.4 Å². The van der Waals surface area contributed by atoms with Gasteiger partial charge in [0, 0.05) is 30.8 Å². The summed E-state index contributed by atoms with van der Waals surface area (Å²) in [5.41, 5.74) is -0.227. The van der Waals surface area contributed by atoms with Gasteiger partial charge in [0.15, 0.2) is 0 Å². The van der Waals surface area contributed by atoms with Gasteiger partial charge in [-0.05, 0) is 96.2 Å². The molecule has 0 aromatic heterocycles. The zero-order chi connectivity index (χ0) is 24.2. The summed E-state index contributed by atoms with van der Waals surface area (Å²) in [6.45, 7) is 16.7. The minimum absolute atomic E-state index is 0.0172. The number of carbonyl (C=O) groups is 2. The molecule has 5 fully saturated rings. The first kappa shape index (κ1) is 24.0. The summed E-state index contributed by atoms with van der Waals surface area (Å²) in [6, 6.07) is 0. The average molecular weight is 457 g/mol. The van der Waals surface area contributed by atoms with E-state index in [0.29, 0.717) is 36.2 Å². The van der Waals surface area contributed by atoms with E-state index < -0.39 is 0 Å². The zero-order valence-corrected chi connectivity index (χ0v) is 22.4. The van der Waals surface area contributed by atoms with Crippen LogP contribution in [0.25, 0.3) is 0 Å². The molecule has 0 aliphatic heterocycles. The van der Waals surface area contributed by atoms with Gasteiger partial charge in [0.2, 0.25) is 0 Å². The first-order valence-electron chi connectivity index (χ1n) is 13.9. The van der Waals surface area contributed by atoms with Gasteiger partial charge in [-0.15, -0.1) is 0 Å². The minimum atomic E-state index is -0.361. The van der Waals surface area contributed by atoms with Gasteiger partial charge in [-0.2, -0.15) is 0 Å². The van der Waals surface area contributed by atoms with Gasteiger partial charge in [-0.3, -0.25) is 9.59 Å². The van der Waals surface area contributed by atoms with Crippen molar-refractivity contribution in [3.05, 3.63) is 0 Å². The highest BCUT2D eigenvalue weighted by molar-refractivity contribution is 5.88. The molecule has 0 aromatic carbocycles. The molecule has 5 aliphatic rings. The Morgan fingerprint density at radius 1 is 0.818 bits per heavy atom. The highest BCUT2D eigenvalue weighted by Gasteiger charge is 2.74. The fraction of sp³-hybridized carbons (Fsp3) is 0.933. The van der Waals surface area contributed by atoms with Crippen LogP contribution in [0, 0.1) is 56.2 Å². The van der Waals surface area contributed by atoms with Gasteiger partial charge < -0.3 is 5.11 Å². The first-order chi connectivity index (χ1) is 15.2. The van der Waals surface area contributed by atoms with E-state index in [9.17, 15) is 14.7 Å². The molecule has 3 nitrogen and oxygen atoms in total. The molecule has 186 valence electrons. The van der Waals surface area contributed by atoms with E-state index in [2.05, 4.69) is 48.5 Å². The normalized spacial score (nSPS) is 55.8. The second-order valence-corrected chi connectivity index (χ2v) is 15.0. The molecule has 5 aliphatic carbocycles. The van der Waals surface area contributed by atoms with E-state index in [1.807, 2.05) is 0 Å². The fourth-order valence-corrected chi connectivity index (χ4v) is 11.1. The molecule has 0 radical (unpaired) electrons. The Labute approximate surface area is 201 Å². The van der Waals surface area contributed by atoms with Crippen molar-refractivity contribution in [2.75, 3.05) is 6.61 Å². The highest BCUT2D eigenvalue weighted by atomic mass is 16.3. The highest BCUT2D eigenvalue weighted by Crippen LogP contribution is 2.77. The minimum Gasteiger partial charge on any atom is -0.396 e. The van der Waals surface area contributed by atoms with E-state index in [1.165, 1.54) is 0 Å². The monoisotopic (exact) mass is 456 g/mol. The van der Waals surface area contributed by atoms with Crippen LogP contribution in [-0.2, 0) is 9.59 Å². The number of Topliss-reactive ketones (excluding diaryl/α,β-unsaturated/α-hetero) is 2. The van der Waals surface area contributed by atoms with E-state index in [0.717, 1.165) is 51.4 Å². The Morgan fingerprint density at radius 2 is 1.48 bits per heavy atom. The summed E-state index contributed by atoms with van der Waals surface area (Å²) in [7, 11) is 0. The summed E-state index contributed by atoms with van der Waals surface area (Å²) in [6.07, 6.45) is 9.97. The molecular formula is C30H48O3. The Balaban J connectivity index is 1.61. The molecule has 1 N–H and O–H groups in total. The Morgan fingerprint density at radius 3 is 2.15 bits per heavy atom. The van der Waals surface area contributed by atoms with Crippen molar-refractivity contribution >= 4 is 11.6 Å². The molecule has 9 unspecified atom stereocenters. The maximum atomic E-state index is 14.5. The van der Waals surface area contributed by atoms with Crippen LogP contribution in [0.3, 0.4) is 0 Å². The van der Waals surface area contributed by atoms with Crippen LogP contribution in [0.4, 0.5) is 0 Å². The molecule has 0 saturated heterocycles. The number of fused-ring (bicyclic) bond motifs is 7. The van der Waals surface area contributed by atoms with Gasteiger partial charge >= 0.3 is 0 Å². The third-order valence-electron chi connectivity index (χ3n) is 13.5. The average Bonchev–Trinajstić information content (AvgIpc) is 2.74. The molecule has 9 atom stereocenters. The van der Waals surface area contributed by atoms with Gasteiger partial charge in [0.1, 0.15) is 11.6 Å². The third-order valence-corrected chi connectivity index (χ3v) is 13.5. The van der Waals surface area contributed by atoms with E-state index in [4.69, 9.17) is 0 Å². The number of hydrogen-bond acceptors (Lipinski definition) is 3. The summed E-state index contributed by atoms with van der Waals surface area (Å²) >= 11 is 0. The molecule has 0 amide bonds. The zero-order valence-electron chi connectivity index (χ0n) is 22.4. The number of rotatable bonds is 1. The van der Waals surface area contributed by atoms with Crippen LogP contribution in [0.1, 0.15) is 113 Å². The smallest absolute Gasteiger partial charge is 0.140 e. The number of aliphatic hydroxyl groups excluding tert-OH is 1. The predicted octanol–water partition coefficient (Wildman–Crippen LogP) is 6.61. The van der Waals surface area contributed by atoms with Crippen LogP contribution in [0.2, 0.25) is 0 Å². The Kier molecular flexibility index (Phi) is 5.06. The molecule has 33 heavy (non-hydrogen) atoms. The number of carbonyl (C=O) groups excluding carboxylic acids is 2.